The highest BCUT2D eigenvalue weighted by atomic mass is 16.3. The van der Waals surface area contributed by atoms with E-state index < -0.39 is 0 Å². The van der Waals surface area contributed by atoms with E-state index in [9.17, 15) is 5.11 Å². The molecule has 3 aromatic rings. The molecule has 5 nitrogen and oxygen atoms in total. The van der Waals surface area contributed by atoms with Crippen molar-refractivity contribution in [3.63, 3.8) is 0 Å². The van der Waals surface area contributed by atoms with E-state index in [4.69, 9.17) is 9.97 Å². The molecule has 0 aliphatic carbocycles. The maximum atomic E-state index is 9.71. The number of nitrogens with one attached hydrogen (secondary N) is 1. The molecule has 0 saturated carbocycles. The summed E-state index contributed by atoms with van der Waals surface area (Å²) >= 11 is 0. The normalized spacial score (nSPS) is 16.8. The van der Waals surface area contributed by atoms with Crippen LogP contribution in [0.25, 0.3) is 22.4 Å². The largest absolute Gasteiger partial charge is 0.393 e. The summed E-state index contributed by atoms with van der Waals surface area (Å²) < 4.78 is 0. The Morgan fingerprint density at radius 2 is 1.92 bits per heavy atom. The zero-order chi connectivity index (χ0) is 16.5. The van der Waals surface area contributed by atoms with Crippen LogP contribution in [0.1, 0.15) is 24.1 Å². The molecule has 0 unspecified atom stereocenters. The van der Waals surface area contributed by atoms with Crippen LogP contribution in [-0.4, -0.2) is 44.2 Å². The minimum absolute atomic E-state index is 0.152. The second kappa shape index (κ2) is 6.34. The van der Waals surface area contributed by atoms with Crippen LogP contribution in [0.3, 0.4) is 0 Å². The number of benzene rings is 1. The summed E-state index contributed by atoms with van der Waals surface area (Å²) in [5.41, 5.74) is 4.17. The molecule has 0 bridgehead atoms. The molecule has 5 heteroatoms. The lowest BCUT2D eigenvalue weighted by Gasteiger charge is -2.29. The molecule has 2 N–H and O–H groups in total. The van der Waals surface area contributed by atoms with Crippen LogP contribution in [0.5, 0.6) is 0 Å². The third kappa shape index (κ3) is 2.92. The van der Waals surface area contributed by atoms with Gasteiger partial charge in [-0.25, -0.2) is 9.97 Å². The quantitative estimate of drug-likeness (QED) is 0.778. The summed E-state index contributed by atoms with van der Waals surface area (Å²) in [5.74, 6) is 0.761. The Bertz CT molecular complexity index is 835. The highest BCUT2D eigenvalue weighted by Crippen LogP contribution is 2.25. The second-order valence-electron chi connectivity index (χ2n) is 6.56. The molecule has 0 radical (unpaired) electrons. The molecule has 0 amide bonds. The number of aliphatic hydroxyl groups is 1. The third-order valence-corrected chi connectivity index (χ3v) is 4.77. The number of likely N-dealkylation sites (tertiary alicyclic amines) is 1. The van der Waals surface area contributed by atoms with Crippen molar-refractivity contribution in [2.24, 2.45) is 0 Å². The van der Waals surface area contributed by atoms with Crippen LogP contribution in [0.4, 0.5) is 0 Å². The molecule has 24 heavy (non-hydrogen) atoms. The molecule has 1 aliphatic rings. The number of aromatic nitrogens is 3. The van der Waals surface area contributed by atoms with Crippen LogP contribution in [-0.2, 0) is 6.54 Å². The van der Waals surface area contributed by atoms with Gasteiger partial charge < -0.3 is 10.1 Å². The fourth-order valence-electron chi connectivity index (χ4n) is 3.39. The Morgan fingerprint density at radius 1 is 1.17 bits per heavy atom. The van der Waals surface area contributed by atoms with Gasteiger partial charge in [0, 0.05) is 36.8 Å². The van der Waals surface area contributed by atoms with Crippen molar-refractivity contribution in [2.75, 3.05) is 13.1 Å². The summed E-state index contributed by atoms with van der Waals surface area (Å²) in [6.45, 7) is 4.71. The van der Waals surface area contributed by atoms with E-state index in [2.05, 4.69) is 16.8 Å². The van der Waals surface area contributed by atoms with Crippen LogP contribution < -0.4 is 0 Å². The lowest BCUT2D eigenvalue weighted by atomic mass is 10.1. The highest BCUT2D eigenvalue weighted by Gasteiger charge is 2.20. The SMILES string of the molecule is Cc1c[nH]c2nc(-c3ccccc3)nc(CN3CCC(O)CC3)c12. The van der Waals surface area contributed by atoms with Crippen LogP contribution in [0.15, 0.2) is 36.5 Å². The predicted molar refractivity (Wildman–Crippen MR) is 94.6 cm³/mol. The number of fused-ring (bicyclic) bond motifs is 1. The fraction of sp³-hybridized carbons (Fsp3) is 0.368. The lowest BCUT2D eigenvalue weighted by molar-refractivity contribution is 0.0789. The van der Waals surface area contributed by atoms with Gasteiger partial charge in [0.15, 0.2) is 5.82 Å². The highest BCUT2D eigenvalue weighted by molar-refractivity contribution is 5.83. The Morgan fingerprint density at radius 3 is 2.67 bits per heavy atom. The first kappa shape index (κ1) is 15.3. The number of piperidine rings is 1. The van der Waals surface area contributed by atoms with E-state index in [1.807, 2.05) is 36.5 Å². The number of rotatable bonds is 3. The number of hydrogen-bond acceptors (Lipinski definition) is 4. The molecule has 1 aliphatic heterocycles. The van der Waals surface area contributed by atoms with Gasteiger partial charge in [0.05, 0.1) is 11.8 Å². The number of aryl methyl sites for hydroxylation is 1. The van der Waals surface area contributed by atoms with Crippen molar-refractivity contribution in [1.82, 2.24) is 19.9 Å². The van der Waals surface area contributed by atoms with E-state index in [-0.39, 0.29) is 6.10 Å². The first-order valence-corrected chi connectivity index (χ1v) is 8.51. The van der Waals surface area contributed by atoms with Gasteiger partial charge in [0.25, 0.3) is 0 Å². The van der Waals surface area contributed by atoms with Crippen molar-refractivity contribution in [1.29, 1.82) is 0 Å². The standard InChI is InChI=1S/C19H22N4O/c1-13-11-20-19-17(13)16(12-23-9-7-15(24)8-10-23)21-18(22-19)14-5-3-2-4-6-14/h2-6,11,15,24H,7-10,12H2,1H3,(H,20,21,22). The van der Waals surface area contributed by atoms with Crippen molar-refractivity contribution in [2.45, 2.75) is 32.4 Å². The van der Waals surface area contributed by atoms with Crippen LogP contribution in [0, 0.1) is 6.92 Å². The Balaban J connectivity index is 1.73. The van der Waals surface area contributed by atoms with Crippen molar-refractivity contribution < 1.29 is 5.11 Å². The van der Waals surface area contributed by atoms with E-state index in [1.54, 1.807) is 0 Å². The van der Waals surface area contributed by atoms with Crippen LogP contribution >= 0.6 is 0 Å². The van der Waals surface area contributed by atoms with Gasteiger partial charge in [-0.1, -0.05) is 30.3 Å². The lowest BCUT2D eigenvalue weighted by Crippen LogP contribution is -2.35. The molecular formula is C19H22N4O. The molecule has 3 heterocycles. The van der Waals surface area contributed by atoms with E-state index in [0.717, 1.165) is 60.6 Å². The zero-order valence-electron chi connectivity index (χ0n) is 13.9. The Labute approximate surface area is 141 Å². The minimum Gasteiger partial charge on any atom is -0.393 e. The summed E-state index contributed by atoms with van der Waals surface area (Å²) in [6.07, 6.45) is 3.52. The average molecular weight is 322 g/mol. The van der Waals surface area contributed by atoms with Gasteiger partial charge in [-0.05, 0) is 25.3 Å². The van der Waals surface area contributed by atoms with Crippen molar-refractivity contribution in [3.05, 3.63) is 47.8 Å². The van der Waals surface area contributed by atoms with Crippen molar-refractivity contribution >= 4 is 11.0 Å². The third-order valence-electron chi connectivity index (χ3n) is 4.77. The average Bonchev–Trinajstić information content (AvgIpc) is 2.99. The zero-order valence-corrected chi connectivity index (χ0v) is 13.9. The Hall–Kier alpha value is -2.24. The van der Waals surface area contributed by atoms with E-state index in [0.29, 0.717) is 0 Å². The molecule has 4 rings (SSSR count). The number of aromatic amines is 1. The molecule has 0 spiro atoms. The first-order valence-electron chi connectivity index (χ1n) is 8.51. The van der Waals surface area contributed by atoms with E-state index in [1.165, 1.54) is 5.56 Å². The van der Waals surface area contributed by atoms with Gasteiger partial charge in [0.2, 0.25) is 0 Å². The number of aliphatic hydroxyl groups excluding tert-OH is 1. The first-order chi connectivity index (χ1) is 11.7. The second-order valence-corrected chi connectivity index (χ2v) is 6.56. The van der Waals surface area contributed by atoms with Gasteiger partial charge in [0.1, 0.15) is 5.65 Å². The molecule has 1 aromatic carbocycles. The predicted octanol–water partition coefficient (Wildman–Crippen LogP) is 2.89. The smallest absolute Gasteiger partial charge is 0.161 e. The summed E-state index contributed by atoms with van der Waals surface area (Å²) in [6, 6.07) is 10.1. The van der Waals surface area contributed by atoms with Crippen LogP contribution in [0.2, 0.25) is 0 Å². The van der Waals surface area contributed by atoms with Gasteiger partial charge >= 0.3 is 0 Å². The molecule has 0 atom stereocenters. The van der Waals surface area contributed by atoms with E-state index >= 15 is 0 Å². The minimum atomic E-state index is -0.152. The molecular weight excluding hydrogens is 300 g/mol. The van der Waals surface area contributed by atoms with Gasteiger partial charge in [-0.3, -0.25) is 4.90 Å². The fourth-order valence-corrected chi connectivity index (χ4v) is 3.39. The molecule has 1 saturated heterocycles. The monoisotopic (exact) mass is 322 g/mol. The molecule has 2 aromatic heterocycles. The Kier molecular flexibility index (Phi) is 4.04. The molecule has 1 fully saturated rings. The number of hydrogen-bond donors (Lipinski definition) is 2. The van der Waals surface area contributed by atoms with Gasteiger partial charge in [-0.15, -0.1) is 0 Å². The number of H-pyrrole nitrogens is 1. The van der Waals surface area contributed by atoms with Crippen molar-refractivity contribution in [3.8, 4) is 11.4 Å². The molecule has 124 valence electrons. The maximum Gasteiger partial charge on any atom is 0.161 e. The van der Waals surface area contributed by atoms with Gasteiger partial charge in [-0.2, -0.15) is 0 Å². The summed E-state index contributed by atoms with van der Waals surface area (Å²) in [4.78, 5) is 15.2. The maximum absolute atomic E-state index is 9.71. The number of nitrogens with zero attached hydrogens (tertiary/aromatic N) is 3. The summed E-state index contributed by atoms with van der Waals surface area (Å²) in [5, 5.41) is 10.8. The summed E-state index contributed by atoms with van der Waals surface area (Å²) in [7, 11) is 0. The topological polar surface area (TPSA) is 65.0 Å².